The Bertz CT molecular complexity index is 1370. The van der Waals surface area contributed by atoms with E-state index in [1.54, 1.807) is 46.0 Å². The highest BCUT2D eigenvalue weighted by atomic mass is 16.4. The summed E-state index contributed by atoms with van der Waals surface area (Å²) in [6, 6.07) is 9.52. The van der Waals surface area contributed by atoms with Gasteiger partial charge in [0.1, 0.15) is 23.9 Å². The number of carboxylic acids is 1. The number of nitrogens with two attached hydrogens (primary N) is 1. The van der Waals surface area contributed by atoms with E-state index in [0.29, 0.717) is 5.56 Å². The lowest BCUT2D eigenvalue weighted by atomic mass is 9.99. The van der Waals surface area contributed by atoms with Crippen LogP contribution in [-0.2, 0) is 32.0 Å². The molecule has 220 valence electrons. The van der Waals surface area contributed by atoms with Gasteiger partial charge in [-0.05, 0) is 47.6 Å². The SMILES string of the molecule is CC(C)[C@H](NC(=O)[C@H](Cc1ccc(O)cc1)NC(=O)[C@@H](NC(=O)[C@@H](N)Cc1c[nH]c2ccccc12)C(C)C)C(=O)O. The molecule has 0 aliphatic carbocycles. The number of rotatable bonds is 13. The first-order valence-electron chi connectivity index (χ1n) is 13.6. The van der Waals surface area contributed by atoms with Gasteiger partial charge in [-0.15, -0.1) is 0 Å². The van der Waals surface area contributed by atoms with Crippen LogP contribution in [-0.4, -0.2) is 63.1 Å². The van der Waals surface area contributed by atoms with Gasteiger partial charge in [-0.3, -0.25) is 14.4 Å². The maximum atomic E-state index is 13.4. The Morgan fingerprint density at radius 1 is 0.805 bits per heavy atom. The third-order valence-electron chi connectivity index (χ3n) is 6.94. The Balaban J connectivity index is 1.75. The molecule has 0 bridgehead atoms. The van der Waals surface area contributed by atoms with E-state index in [-0.39, 0.29) is 24.5 Å². The Morgan fingerprint density at radius 3 is 2.02 bits per heavy atom. The van der Waals surface area contributed by atoms with E-state index in [9.17, 15) is 29.4 Å². The number of fused-ring (bicyclic) bond motifs is 1. The number of H-pyrrole nitrogens is 1. The first-order valence-corrected chi connectivity index (χ1v) is 13.6. The number of hydrogen-bond donors (Lipinski definition) is 7. The monoisotopic (exact) mass is 565 g/mol. The van der Waals surface area contributed by atoms with Crippen molar-refractivity contribution in [2.24, 2.45) is 17.6 Å². The molecule has 11 heteroatoms. The molecule has 0 unspecified atom stereocenters. The molecular weight excluding hydrogens is 526 g/mol. The number of phenols is 1. The molecule has 0 radical (unpaired) electrons. The van der Waals surface area contributed by atoms with Gasteiger partial charge in [0, 0.05) is 23.5 Å². The van der Waals surface area contributed by atoms with E-state index in [0.717, 1.165) is 16.5 Å². The van der Waals surface area contributed by atoms with Gasteiger partial charge in [0.05, 0.1) is 6.04 Å². The summed E-state index contributed by atoms with van der Waals surface area (Å²) < 4.78 is 0. The van der Waals surface area contributed by atoms with Crippen LogP contribution < -0.4 is 21.7 Å². The number of hydrogen-bond acceptors (Lipinski definition) is 6. The lowest BCUT2D eigenvalue weighted by Gasteiger charge is -2.27. The molecule has 1 aromatic heterocycles. The van der Waals surface area contributed by atoms with Gasteiger partial charge in [-0.2, -0.15) is 0 Å². The number of aromatic amines is 1. The molecule has 3 aromatic rings. The number of carbonyl (C=O) groups excluding carboxylic acids is 3. The number of carbonyl (C=O) groups is 4. The second-order valence-electron chi connectivity index (χ2n) is 10.9. The van der Waals surface area contributed by atoms with Crippen molar-refractivity contribution in [2.45, 2.75) is 64.7 Å². The fraction of sp³-hybridized carbons (Fsp3) is 0.400. The Labute approximate surface area is 238 Å². The van der Waals surface area contributed by atoms with E-state index in [1.165, 1.54) is 12.1 Å². The van der Waals surface area contributed by atoms with Crippen LogP contribution in [0.2, 0.25) is 0 Å². The molecule has 0 fully saturated rings. The largest absolute Gasteiger partial charge is 0.508 e. The maximum Gasteiger partial charge on any atom is 0.326 e. The predicted octanol–water partition coefficient (Wildman–Crippen LogP) is 1.84. The Morgan fingerprint density at radius 2 is 1.41 bits per heavy atom. The summed E-state index contributed by atoms with van der Waals surface area (Å²) in [6.07, 6.45) is 2.08. The van der Waals surface area contributed by atoms with Crippen LogP contribution in [0.3, 0.4) is 0 Å². The Kier molecular flexibility index (Phi) is 10.5. The molecule has 0 spiro atoms. The van der Waals surface area contributed by atoms with Crippen molar-refractivity contribution in [3.8, 4) is 5.75 Å². The third kappa shape index (κ3) is 8.31. The number of aromatic nitrogens is 1. The highest BCUT2D eigenvalue weighted by molar-refractivity contribution is 5.94. The molecule has 41 heavy (non-hydrogen) atoms. The minimum Gasteiger partial charge on any atom is -0.508 e. The molecule has 8 N–H and O–H groups in total. The number of nitrogens with one attached hydrogen (secondary N) is 4. The zero-order valence-corrected chi connectivity index (χ0v) is 23.7. The number of aliphatic carboxylic acids is 1. The number of benzene rings is 2. The van der Waals surface area contributed by atoms with E-state index in [2.05, 4.69) is 20.9 Å². The highest BCUT2D eigenvalue weighted by Gasteiger charge is 2.32. The summed E-state index contributed by atoms with van der Waals surface area (Å²) >= 11 is 0. The van der Waals surface area contributed by atoms with Crippen molar-refractivity contribution >= 4 is 34.6 Å². The molecule has 1 heterocycles. The quantitative estimate of drug-likeness (QED) is 0.165. The van der Waals surface area contributed by atoms with Gasteiger partial charge in [0.25, 0.3) is 0 Å². The second-order valence-corrected chi connectivity index (χ2v) is 10.9. The van der Waals surface area contributed by atoms with Crippen LogP contribution in [0, 0.1) is 11.8 Å². The molecule has 0 aliphatic rings. The first kappa shape index (κ1) is 31.2. The van der Waals surface area contributed by atoms with Crippen molar-refractivity contribution in [3.63, 3.8) is 0 Å². The van der Waals surface area contributed by atoms with Crippen LogP contribution >= 0.6 is 0 Å². The van der Waals surface area contributed by atoms with Crippen LogP contribution in [0.5, 0.6) is 5.75 Å². The fourth-order valence-electron chi connectivity index (χ4n) is 4.53. The summed E-state index contributed by atoms with van der Waals surface area (Å²) in [5.74, 6) is -3.72. The van der Waals surface area contributed by atoms with Gasteiger partial charge in [-0.1, -0.05) is 58.0 Å². The van der Waals surface area contributed by atoms with Crippen molar-refractivity contribution in [1.82, 2.24) is 20.9 Å². The first-order chi connectivity index (χ1) is 19.4. The summed E-state index contributed by atoms with van der Waals surface area (Å²) in [6.45, 7) is 6.83. The second kappa shape index (κ2) is 13.8. The minimum atomic E-state index is -1.19. The van der Waals surface area contributed by atoms with Crippen LogP contribution in [0.25, 0.3) is 10.9 Å². The van der Waals surface area contributed by atoms with E-state index >= 15 is 0 Å². The van der Waals surface area contributed by atoms with Crippen LogP contribution in [0.1, 0.15) is 38.8 Å². The lowest BCUT2D eigenvalue weighted by molar-refractivity contribution is -0.143. The standard InChI is InChI=1S/C30H39N5O6/c1-16(2)25(34-27(37)22(31)14-19-15-32-23-8-6-5-7-21(19)23)29(39)33-24(13-18-9-11-20(36)12-10-18)28(38)35-26(17(3)4)30(40)41/h5-12,15-17,22,24-26,32,36H,13-14,31H2,1-4H3,(H,33,39)(H,34,37)(H,35,38)(H,40,41)/t22-,24-,25-,26-/m0/s1. The van der Waals surface area contributed by atoms with Crippen molar-refractivity contribution in [2.75, 3.05) is 0 Å². The van der Waals surface area contributed by atoms with Crippen LogP contribution in [0.15, 0.2) is 54.7 Å². The summed E-state index contributed by atoms with van der Waals surface area (Å²) in [5, 5.41) is 28.0. The van der Waals surface area contributed by atoms with Gasteiger partial charge in [-0.25, -0.2) is 4.79 Å². The average Bonchev–Trinajstić information content (AvgIpc) is 3.32. The number of carboxylic acid groups (broad SMARTS) is 1. The smallest absolute Gasteiger partial charge is 0.326 e. The predicted molar refractivity (Wildman–Crippen MR) is 155 cm³/mol. The van der Waals surface area contributed by atoms with Gasteiger partial charge in [0.2, 0.25) is 17.7 Å². The maximum absolute atomic E-state index is 13.4. The van der Waals surface area contributed by atoms with Gasteiger partial charge < -0.3 is 36.9 Å². The molecule has 11 nitrogen and oxygen atoms in total. The van der Waals surface area contributed by atoms with E-state index in [4.69, 9.17) is 5.73 Å². The molecule has 3 amide bonds. The molecule has 0 aliphatic heterocycles. The van der Waals surface area contributed by atoms with Crippen molar-refractivity contribution < 1.29 is 29.4 Å². The Hall–Kier alpha value is -4.38. The molecular formula is C30H39N5O6. The summed E-state index contributed by atoms with van der Waals surface area (Å²) in [7, 11) is 0. The zero-order chi connectivity index (χ0) is 30.3. The number of para-hydroxylation sites is 1. The van der Waals surface area contributed by atoms with Gasteiger partial charge in [0.15, 0.2) is 0 Å². The topological polar surface area (TPSA) is 187 Å². The number of amides is 3. The molecule has 4 atom stereocenters. The molecule has 2 aromatic carbocycles. The lowest BCUT2D eigenvalue weighted by Crippen LogP contribution is -2.59. The van der Waals surface area contributed by atoms with Gasteiger partial charge >= 0.3 is 5.97 Å². The van der Waals surface area contributed by atoms with Crippen LogP contribution in [0.4, 0.5) is 0 Å². The van der Waals surface area contributed by atoms with Crippen molar-refractivity contribution in [3.05, 3.63) is 65.9 Å². The fourth-order valence-corrected chi connectivity index (χ4v) is 4.53. The average molecular weight is 566 g/mol. The molecule has 3 rings (SSSR count). The number of phenolic OH excluding ortho intramolecular Hbond substituents is 1. The van der Waals surface area contributed by atoms with E-state index in [1.807, 2.05) is 24.3 Å². The molecule has 0 saturated carbocycles. The number of aromatic hydroxyl groups is 1. The van der Waals surface area contributed by atoms with Crippen molar-refractivity contribution in [1.29, 1.82) is 0 Å². The molecule has 0 saturated heterocycles. The van der Waals surface area contributed by atoms with E-state index < -0.39 is 53.8 Å². The third-order valence-corrected chi connectivity index (χ3v) is 6.94. The highest BCUT2D eigenvalue weighted by Crippen LogP contribution is 2.19. The zero-order valence-electron chi connectivity index (χ0n) is 23.7. The summed E-state index contributed by atoms with van der Waals surface area (Å²) in [4.78, 5) is 54.6. The summed E-state index contributed by atoms with van der Waals surface area (Å²) in [5.41, 5.74) is 8.65. The normalized spacial score (nSPS) is 14.3. The minimum absolute atomic E-state index is 0.0289.